The quantitative estimate of drug-likeness (QED) is 0.780. The molecule has 0 bridgehead atoms. The number of carbonyl (C=O) groups excluding carboxylic acids is 2. The number of hydrogen-bond acceptors (Lipinski definition) is 4. The van der Waals surface area contributed by atoms with Crippen LogP contribution in [0.2, 0.25) is 0 Å². The Morgan fingerprint density at radius 1 is 1.10 bits per heavy atom. The van der Waals surface area contributed by atoms with E-state index in [1.807, 2.05) is 13.0 Å². The molecule has 0 aromatic heterocycles. The molecule has 5 heteroatoms. The molecule has 0 N–H and O–H groups in total. The molecule has 0 saturated carbocycles. The number of likely N-dealkylation sites (tertiary alicyclic amines) is 1. The zero-order valence-corrected chi connectivity index (χ0v) is 12.9. The molecule has 114 valence electrons. The normalized spacial score (nSPS) is 21.8. The van der Waals surface area contributed by atoms with Gasteiger partial charge in [0.25, 0.3) is 0 Å². The summed E-state index contributed by atoms with van der Waals surface area (Å²) in [4.78, 5) is 26.1. The SMILES string of the molecule is CCCN1C(=O)C(C)C(c2ccc(OC)c(OC)c2)C1=O. The summed E-state index contributed by atoms with van der Waals surface area (Å²) in [6, 6.07) is 5.37. The minimum absolute atomic E-state index is 0.0957. The van der Waals surface area contributed by atoms with Gasteiger partial charge in [0.15, 0.2) is 11.5 Å². The second-order valence-corrected chi connectivity index (χ2v) is 5.21. The van der Waals surface area contributed by atoms with Crippen molar-refractivity contribution < 1.29 is 19.1 Å². The van der Waals surface area contributed by atoms with Gasteiger partial charge >= 0.3 is 0 Å². The van der Waals surface area contributed by atoms with Crippen molar-refractivity contribution in [2.24, 2.45) is 5.92 Å². The summed E-state index contributed by atoms with van der Waals surface area (Å²) in [7, 11) is 3.11. The van der Waals surface area contributed by atoms with E-state index in [2.05, 4.69) is 0 Å². The van der Waals surface area contributed by atoms with Gasteiger partial charge in [-0.05, 0) is 24.1 Å². The molecule has 2 unspecified atom stereocenters. The third kappa shape index (κ3) is 2.60. The van der Waals surface area contributed by atoms with Gasteiger partial charge in [0.05, 0.1) is 26.1 Å². The molecule has 0 aliphatic carbocycles. The Bertz CT molecular complexity index is 555. The van der Waals surface area contributed by atoms with Crippen LogP contribution >= 0.6 is 0 Å². The van der Waals surface area contributed by atoms with Crippen molar-refractivity contribution in [1.29, 1.82) is 0 Å². The smallest absolute Gasteiger partial charge is 0.237 e. The molecule has 5 nitrogen and oxygen atoms in total. The van der Waals surface area contributed by atoms with Crippen LogP contribution in [0, 0.1) is 5.92 Å². The van der Waals surface area contributed by atoms with E-state index < -0.39 is 5.92 Å². The van der Waals surface area contributed by atoms with Crippen LogP contribution in [0.1, 0.15) is 31.7 Å². The van der Waals surface area contributed by atoms with Gasteiger partial charge in [-0.25, -0.2) is 0 Å². The Morgan fingerprint density at radius 3 is 2.33 bits per heavy atom. The molecule has 0 radical (unpaired) electrons. The van der Waals surface area contributed by atoms with Gasteiger partial charge < -0.3 is 9.47 Å². The van der Waals surface area contributed by atoms with Gasteiger partial charge in [0.2, 0.25) is 11.8 Å². The van der Waals surface area contributed by atoms with Crippen LogP contribution in [0.15, 0.2) is 18.2 Å². The zero-order chi connectivity index (χ0) is 15.6. The summed E-state index contributed by atoms with van der Waals surface area (Å²) in [6.07, 6.45) is 0.767. The van der Waals surface area contributed by atoms with Gasteiger partial charge in [-0.2, -0.15) is 0 Å². The van der Waals surface area contributed by atoms with E-state index in [-0.39, 0.29) is 17.7 Å². The zero-order valence-electron chi connectivity index (χ0n) is 12.9. The molecular weight excluding hydrogens is 270 g/mol. The predicted molar refractivity (Wildman–Crippen MR) is 78.5 cm³/mol. The average molecular weight is 291 g/mol. The highest BCUT2D eigenvalue weighted by Crippen LogP contribution is 2.38. The van der Waals surface area contributed by atoms with Crippen molar-refractivity contribution in [3.05, 3.63) is 23.8 Å². The Morgan fingerprint density at radius 2 is 1.76 bits per heavy atom. The number of amides is 2. The Kier molecular flexibility index (Phi) is 4.50. The summed E-state index contributed by atoms with van der Waals surface area (Å²) in [6.45, 7) is 4.23. The van der Waals surface area contributed by atoms with Crippen LogP contribution in [0.25, 0.3) is 0 Å². The molecule has 1 aromatic rings. The molecule has 1 aromatic carbocycles. The van der Waals surface area contributed by atoms with Crippen LogP contribution in [0.5, 0.6) is 11.5 Å². The first-order chi connectivity index (χ1) is 10.0. The van der Waals surface area contributed by atoms with Crippen LogP contribution in [0.4, 0.5) is 0 Å². The van der Waals surface area contributed by atoms with Gasteiger partial charge in [0, 0.05) is 6.54 Å². The number of benzene rings is 1. The maximum absolute atomic E-state index is 12.5. The lowest BCUT2D eigenvalue weighted by atomic mass is 9.89. The van der Waals surface area contributed by atoms with E-state index in [4.69, 9.17) is 9.47 Å². The number of ether oxygens (including phenoxy) is 2. The largest absolute Gasteiger partial charge is 0.493 e. The second-order valence-electron chi connectivity index (χ2n) is 5.21. The first-order valence-corrected chi connectivity index (χ1v) is 7.12. The fourth-order valence-corrected chi connectivity index (χ4v) is 2.80. The molecule has 2 rings (SSSR count). The summed E-state index contributed by atoms with van der Waals surface area (Å²) in [5.74, 6) is 0.168. The fraction of sp³-hybridized carbons (Fsp3) is 0.500. The first kappa shape index (κ1) is 15.4. The Hall–Kier alpha value is -2.04. The van der Waals surface area contributed by atoms with E-state index in [9.17, 15) is 9.59 Å². The summed E-state index contributed by atoms with van der Waals surface area (Å²) < 4.78 is 10.5. The van der Waals surface area contributed by atoms with E-state index >= 15 is 0 Å². The molecule has 21 heavy (non-hydrogen) atoms. The van der Waals surface area contributed by atoms with Crippen molar-refractivity contribution in [1.82, 2.24) is 4.90 Å². The highest BCUT2D eigenvalue weighted by Gasteiger charge is 2.45. The highest BCUT2D eigenvalue weighted by molar-refractivity contribution is 6.07. The van der Waals surface area contributed by atoms with E-state index in [0.717, 1.165) is 12.0 Å². The predicted octanol–water partition coefficient (Wildman–Crippen LogP) is 2.20. The van der Waals surface area contributed by atoms with Crippen molar-refractivity contribution in [3.8, 4) is 11.5 Å². The number of nitrogens with zero attached hydrogens (tertiary/aromatic N) is 1. The lowest BCUT2D eigenvalue weighted by Crippen LogP contribution is -2.31. The molecule has 1 fully saturated rings. The molecule has 0 spiro atoms. The van der Waals surface area contributed by atoms with Gasteiger partial charge in [-0.15, -0.1) is 0 Å². The van der Waals surface area contributed by atoms with Crippen LogP contribution < -0.4 is 9.47 Å². The van der Waals surface area contributed by atoms with Gasteiger partial charge in [-0.3, -0.25) is 14.5 Å². The summed E-state index contributed by atoms with van der Waals surface area (Å²) in [5, 5.41) is 0. The minimum Gasteiger partial charge on any atom is -0.493 e. The van der Waals surface area contributed by atoms with E-state index in [1.54, 1.807) is 33.3 Å². The molecule has 1 heterocycles. The standard InChI is InChI=1S/C16H21NO4/c1-5-8-17-15(18)10(2)14(16(17)19)11-6-7-12(20-3)13(9-11)21-4/h6-7,9-10,14H,5,8H2,1-4H3. The summed E-state index contributed by atoms with van der Waals surface area (Å²) >= 11 is 0. The van der Waals surface area contributed by atoms with Crippen LogP contribution in [0.3, 0.4) is 0 Å². The molecule has 1 aliphatic rings. The summed E-state index contributed by atoms with van der Waals surface area (Å²) in [5.41, 5.74) is 0.789. The maximum atomic E-state index is 12.5. The third-order valence-electron chi connectivity index (χ3n) is 3.90. The molecule has 1 aliphatic heterocycles. The van der Waals surface area contributed by atoms with Crippen molar-refractivity contribution >= 4 is 11.8 Å². The molecule has 2 atom stereocenters. The molecule has 2 amide bonds. The number of rotatable bonds is 5. The second kappa shape index (κ2) is 6.16. The third-order valence-corrected chi connectivity index (χ3v) is 3.90. The van der Waals surface area contributed by atoms with Crippen molar-refractivity contribution in [3.63, 3.8) is 0 Å². The Balaban J connectivity index is 2.37. The van der Waals surface area contributed by atoms with Gasteiger partial charge in [-0.1, -0.05) is 19.9 Å². The Labute approximate surface area is 124 Å². The molecular formula is C16H21NO4. The highest BCUT2D eigenvalue weighted by atomic mass is 16.5. The number of methoxy groups -OCH3 is 2. The lowest BCUT2D eigenvalue weighted by Gasteiger charge is -2.15. The molecule has 1 saturated heterocycles. The maximum Gasteiger partial charge on any atom is 0.237 e. The van der Waals surface area contributed by atoms with Gasteiger partial charge in [0.1, 0.15) is 0 Å². The monoisotopic (exact) mass is 291 g/mol. The topological polar surface area (TPSA) is 55.8 Å². The lowest BCUT2D eigenvalue weighted by molar-refractivity contribution is -0.139. The van der Waals surface area contributed by atoms with Crippen molar-refractivity contribution in [2.45, 2.75) is 26.2 Å². The minimum atomic E-state index is -0.441. The van der Waals surface area contributed by atoms with Crippen LogP contribution in [-0.4, -0.2) is 37.5 Å². The fourth-order valence-electron chi connectivity index (χ4n) is 2.80. The number of carbonyl (C=O) groups is 2. The van der Waals surface area contributed by atoms with Crippen molar-refractivity contribution in [2.75, 3.05) is 20.8 Å². The number of hydrogen-bond donors (Lipinski definition) is 0. The number of imide groups is 1. The average Bonchev–Trinajstić information content (AvgIpc) is 2.71. The van der Waals surface area contributed by atoms with Crippen LogP contribution in [-0.2, 0) is 9.59 Å². The van der Waals surface area contributed by atoms with E-state index in [0.29, 0.717) is 18.0 Å². The first-order valence-electron chi connectivity index (χ1n) is 7.12. The van der Waals surface area contributed by atoms with E-state index in [1.165, 1.54) is 4.90 Å².